The number of oxime groups is 1. The highest BCUT2D eigenvalue weighted by Gasteiger charge is 2.34. The first kappa shape index (κ1) is 17.4. The predicted octanol–water partition coefficient (Wildman–Crippen LogP) is 2.33. The molecule has 1 aliphatic rings. The van der Waals surface area contributed by atoms with Crippen molar-refractivity contribution in [1.82, 2.24) is 0 Å². The number of Topliss-reactive ketones (excluding diaryl/α,β-unsaturated/α-hetero) is 1. The molecule has 108 valence electrons. The van der Waals surface area contributed by atoms with Crippen LogP contribution in [-0.4, -0.2) is 28.7 Å². The molecular weight excluding hydrogens is 246 g/mol. The van der Waals surface area contributed by atoms with E-state index in [-0.39, 0.29) is 29.0 Å². The number of allylic oxidation sites excluding steroid dienone is 2. The maximum absolute atomic E-state index is 12.1. The fraction of sp³-hybridized carbons (Fsp3) is 0.571. The Bertz CT molecular complexity index is 408. The molecule has 3 N–H and O–H groups in total. The lowest BCUT2D eigenvalue weighted by atomic mass is 9.75. The van der Waals surface area contributed by atoms with Crippen molar-refractivity contribution >= 4 is 11.5 Å². The van der Waals surface area contributed by atoms with E-state index < -0.39 is 0 Å². The van der Waals surface area contributed by atoms with Crippen molar-refractivity contribution < 1.29 is 20.2 Å². The van der Waals surface area contributed by atoms with Crippen molar-refractivity contribution in [1.29, 1.82) is 0 Å². The van der Waals surface area contributed by atoms with E-state index in [4.69, 9.17) is 4.84 Å². The van der Waals surface area contributed by atoms with Gasteiger partial charge in [0.25, 0.3) is 0 Å². The molecule has 0 bridgehead atoms. The van der Waals surface area contributed by atoms with E-state index in [0.29, 0.717) is 30.5 Å². The van der Waals surface area contributed by atoms with Crippen LogP contribution in [0.2, 0.25) is 0 Å². The van der Waals surface area contributed by atoms with Gasteiger partial charge >= 0.3 is 0 Å². The third-order valence-electron chi connectivity index (χ3n) is 2.84. The Morgan fingerprint density at radius 1 is 1.53 bits per heavy atom. The molecule has 0 aliphatic heterocycles. The lowest BCUT2D eigenvalue weighted by Crippen LogP contribution is -2.29. The molecule has 19 heavy (non-hydrogen) atoms. The van der Waals surface area contributed by atoms with Gasteiger partial charge in [0.05, 0.1) is 11.3 Å². The quantitative estimate of drug-likeness (QED) is 0.359. The Balaban J connectivity index is 0.00000324. The van der Waals surface area contributed by atoms with Crippen LogP contribution in [0.4, 0.5) is 0 Å². The van der Waals surface area contributed by atoms with Gasteiger partial charge in [-0.25, -0.2) is 0 Å². The minimum absolute atomic E-state index is 0. The van der Waals surface area contributed by atoms with E-state index in [2.05, 4.69) is 11.7 Å². The van der Waals surface area contributed by atoms with E-state index in [1.54, 1.807) is 6.08 Å². The summed E-state index contributed by atoms with van der Waals surface area (Å²) in [4.78, 5) is 17.1. The molecule has 0 fully saturated rings. The van der Waals surface area contributed by atoms with Crippen LogP contribution in [0.3, 0.4) is 0 Å². The number of hydrogen-bond donors (Lipinski definition) is 1. The fourth-order valence-corrected chi connectivity index (χ4v) is 2.07. The van der Waals surface area contributed by atoms with Crippen LogP contribution in [0.5, 0.6) is 0 Å². The molecule has 0 aromatic heterocycles. The number of ketones is 1. The summed E-state index contributed by atoms with van der Waals surface area (Å²) in [5, 5.41) is 13.9. The van der Waals surface area contributed by atoms with E-state index in [0.717, 1.165) is 0 Å². The lowest BCUT2D eigenvalue weighted by molar-refractivity contribution is -0.118. The first-order valence-electron chi connectivity index (χ1n) is 6.16. The minimum atomic E-state index is -0.189. The second kappa shape index (κ2) is 7.09. The smallest absolute Gasteiger partial charge is 0.168 e. The molecule has 0 unspecified atom stereocenters. The van der Waals surface area contributed by atoms with Crippen LogP contribution in [0.15, 0.2) is 29.1 Å². The molecule has 0 heterocycles. The topological polar surface area (TPSA) is 90.4 Å². The van der Waals surface area contributed by atoms with E-state index >= 15 is 0 Å². The number of rotatable bonds is 5. The Morgan fingerprint density at radius 3 is 2.63 bits per heavy atom. The summed E-state index contributed by atoms with van der Waals surface area (Å²) in [7, 11) is 0. The summed E-state index contributed by atoms with van der Waals surface area (Å²) in [5.41, 5.74) is 0.654. The molecule has 0 spiro atoms. The number of carbonyl (C=O) groups excluding carboxylic acids is 1. The van der Waals surface area contributed by atoms with Gasteiger partial charge < -0.3 is 15.4 Å². The summed E-state index contributed by atoms with van der Waals surface area (Å²) in [6.45, 7) is 9.62. The molecule has 0 radical (unpaired) electrons. The van der Waals surface area contributed by atoms with Crippen molar-refractivity contribution in [3.63, 3.8) is 0 Å². The van der Waals surface area contributed by atoms with Gasteiger partial charge in [0.15, 0.2) is 5.78 Å². The van der Waals surface area contributed by atoms with E-state index in [1.807, 2.05) is 20.8 Å². The van der Waals surface area contributed by atoms with Gasteiger partial charge in [-0.15, -0.1) is 0 Å². The molecule has 5 nitrogen and oxygen atoms in total. The molecule has 0 amide bonds. The highest BCUT2D eigenvalue weighted by molar-refractivity contribution is 6.23. The van der Waals surface area contributed by atoms with Crippen molar-refractivity contribution in [2.75, 3.05) is 6.61 Å². The summed E-state index contributed by atoms with van der Waals surface area (Å²) in [5.74, 6) is 0.0607. The zero-order valence-electron chi connectivity index (χ0n) is 11.8. The van der Waals surface area contributed by atoms with E-state index in [9.17, 15) is 9.90 Å². The molecule has 1 rings (SSSR count). The van der Waals surface area contributed by atoms with Gasteiger partial charge in [-0.3, -0.25) is 4.79 Å². The molecule has 0 saturated carbocycles. The molecule has 0 aromatic rings. The van der Waals surface area contributed by atoms with Gasteiger partial charge in [-0.1, -0.05) is 38.6 Å². The van der Waals surface area contributed by atoms with Crippen molar-refractivity contribution in [3.05, 3.63) is 24.0 Å². The van der Waals surface area contributed by atoms with E-state index in [1.165, 1.54) is 0 Å². The summed E-state index contributed by atoms with van der Waals surface area (Å²) >= 11 is 0. The molecule has 0 atom stereocenters. The van der Waals surface area contributed by atoms with Crippen molar-refractivity contribution in [3.8, 4) is 0 Å². The summed E-state index contributed by atoms with van der Waals surface area (Å²) in [6, 6.07) is 0. The Labute approximate surface area is 113 Å². The monoisotopic (exact) mass is 269 g/mol. The predicted molar refractivity (Wildman–Crippen MR) is 75.2 cm³/mol. The normalized spacial score (nSPS) is 18.9. The largest absolute Gasteiger partial charge is 0.511 e. The first-order chi connectivity index (χ1) is 8.41. The van der Waals surface area contributed by atoms with Gasteiger partial charge in [0.2, 0.25) is 0 Å². The lowest BCUT2D eigenvalue weighted by Gasteiger charge is -2.29. The van der Waals surface area contributed by atoms with Crippen molar-refractivity contribution in [2.45, 2.75) is 40.0 Å². The number of aliphatic hydroxyl groups excluding tert-OH is 1. The number of nitrogens with zero attached hydrogens (tertiary/aromatic N) is 1. The summed E-state index contributed by atoms with van der Waals surface area (Å²) in [6.07, 6.45) is 3.04. The first-order valence-corrected chi connectivity index (χ1v) is 6.16. The van der Waals surface area contributed by atoms with Gasteiger partial charge in [-0.05, 0) is 11.8 Å². The fourth-order valence-electron chi connectivity index (χ4n) is 2.07. The molecular formula is C14H23NO4. The Kier molecular flexibility index (Phi) is 6.48. The standard InChI is InChI=1S/C14H21NO3.H2O/c1-5-7-18-15-10(6-2)13-11(16)8-14(3,4)9-12(13)17;/h5,16H,1,6-9H2,2-4H3;1H2/b15-10-;. The average molecular weight is 269 g/mol. The molecule has 5 heteroatoms. The number of hydrogen-bond acceptors (Lipinski definition) is 4. The van der Waals surface area contributed by atoms with Crippen LogP contribution in [0.1, 0.15) is 40.0 Å². The van der Waals surface area contributed by atoms with Gasteiger partial charge in [0, 0.05) is 12.8 Å². The number of aliphatic hydroxyl groups is 1. The highest BCUT2D eigenvalue weighted by atomic mass is 16.6. The summed E-state index contributed by atoms with van der Waals surface area (Å²) < 4.78 is 0. The molecule has 1 aliphatic carbocycles. The van der Waals surface area contributed by atoms with Crippen molar-refractivity contribution in [2.24, 2.45) is 10.6 Å². The van der Waals surface area contributed by atoms with Crippen LogP contribution in [0, 0.1) is 5.41 Å². The second-order valence-corrected chi connectivity index (χ2v) is 5.24. The minimum Gasteiger partial charge on any atom is -0.511 e. The zero-order valence-corrected chi connectivity index (χ0v) is 11.8. The highest BCUT2D eigenvalue weighted by Crippen LogP contribution is 2.36. The third kappa shape index (κ3) is 4.52. The zero-order chi connectivity index (χ0) is 13.8. The molecule has 0 saturated heterocycles. The van der Waals surface area contributed by atoms with Crippen LogP contribution < -0.4 is 0 Å². The SMILES string of the molecule is C=CCO/N=C(/CC)C1=C(O)CC(C)(C)CC1=O.O. The maximum Gasteiger partial charge on any atom is 0.168 e. The van der Waals surface area contributed by atoms with Crippen LogP contribution >= 0.6 is 0 Å². The Hall–Kier alpha value is -1.62. The molecule has 0 aromatic carbocycles. The van der Waals surface area contributed by atoms with Gasteiger partial charge in [0.1, 0.15) is 12.4 Å². The average Bonchev–Trinajstić information content (AvgIpc) is 2.24. The van der Waals surface area contributed by atoms with Gasteiger partial charge in [-0.2, -0.15) is 0 Å². The second-order valence-electron chi connectivity index (χ2n) is 5.24. The van der Waals surface area contributed by atoms with Crippen LogP contribution in [0.25, 0.3) is 0 Å². The number of carbonyl (C=O) groups is 1. The van der Waals surface area contributed by atoms with Crippen LogP contribution in [-0.2, 0) is 9.63 Å². The Morgan fingerprint density at radius 2 is 2.16 bits per heavy atom. The maximum atomic E-state index is 12.1. The third-order valence-corrected chi connectivity index (χ3v) is 2.84.